The van der Waals surface area contributed by atoms with Gasteiger partial charge in [0.15, 0.2) is 0 Å². The fraction of sp³-hybridized carbons (Fsp3) is 0.471. The summed E-state index contributed by atoms with van der Waals surface area (Å²) in [5, 5.41) is 6.76. The van der Waals surface area contributed by atoms with Crippen molar-refractivity contribution in [1.82, 2.24) is 29.7 Å². The summed E-state index contributed by atoms with van der Waals surface area (Å²) in [5.41, 5.74) is 8.64. The zero-order valence-corrected chi connectivity index (χ0v) is 26.0. The standard InChI is InChI=1S/C34H42N6O3/c1-23-31(24(2)40(37-23)27-13-15-39(16-14-27)43-33(41)34(3,4)5)30-21-35-29-8-6-7-28(32(29)36-30)26-11-9-25(10-12-26)22-38-17-19-42-20-18-38/h6-12,21,27H,13-20,22H2,1-5H3. The fourth-order valence-electron chi connectivity index (χ4n) is 6.01. The number of aryl methyl sites for hydroxylation is 1. The summed E-state index contributed by atoms with van der Waals surface area (Å²) in [6.07, 6.45) is 3.58. The van der Waals surface area contributed by atoms with Crippen LogP contribution in [-0.4, -0.2) is 75.1 Å². The van der Waals surface area contributed by atoms with Crippen LogP contribution in [0.3, 0.4) is 0 Å². The Morgan fingerprint density at radius 3 is 2.42 bits per heavy atom. The average Bonchev–Trinajstić information content (AvgIpc) is 3.30. The molecular formula is C34H42N6O3. The number of hydrogen-bond acceptors (Lipinski definition) is 8. The topological polar surface area (TPSA) is 85.6 Å². The molecule has 0 amide bonds. The number of fused-ring (bicyclic) bond motifs is 1. The third-order valence-corrected chi connectivity index (χ3v) is 8.52. The van der Waals surface area contributed by atoms with E-state index < -0.39 is 5.41 Å². The predicted molar refractivity (Wildman–Crippen MR) is 167 cm³/mol. The van der Waals surface area contributed by atoms with Crippen LogP contribution in [0.1, 0.15) is 56.6 Å². The SMILES string of the molecule is Cc1nn(C2CCN(OC(=O)C(C)(C)C)CC2)c(C)c1-c1cnc2cccc(-c3ccc(CN4CCOCC4)cc3)c2n1. The van der Waals surface area contributed by atoms with E-state index in [1.807, 2.05) is 46.0 Å². The number of nitrogens with zero attached hydrogens (tertiary/aromatic N) is 6. The normalized spacial score (nSPS) is 17.4. The van der Waals surface area contributed by atoms with Gasteiger partial charge in [-0.1, -0.05) is 36.4 Å². The lowest BCUT2D eigenvalue weighted by Crippen LogP contribution is -2.39. The number of morpholine rings is 1. The summed E-state index contributed by atoms with van der Waals surface area (Å²) in [6, 6.07) is 15.2. The molecule has 9 nitrogen and oxygen atoms in total. The van der Waals surface area contributed by atoms with Gasteiger partial charge in [-0.05, 0) is 64.7 Å². The summed E-state index contributed by atoms with van der Waals surface area (Å²) < 4.78 is 7.63. The zero-order valence-electron chi connectivity index (χ0n) is 26.0. The highest BCUT2D eigenvalue weighted by Crippen LogP contribution is 2.34. The van der Waals surface area contributed by atoms with Crippen LogP contribution in [0.25, 0.3) is 33.4 Å². The van der Waals surface area contributed by atoms with E-state index in [0.29, 0.717) is 13.1 Å². The predicted octanol–water partition coefficient (Wildman–Crippen LogP) is 5.75. The first-order chi connectivity index (χ1) is 20.7. The first kappa shape index (κ1) is 29.4. The maximum atomic E-state index is 12.3. The summed E-state index contributed by atoms with van der Waals surface area (Å²) >= 11 is 0. The second-order valence-corrected chi connectivity index (χ2v) is 12.8. The molecule has 0 radical (unpaired) electrons. The van der Waals surface area contributed by atoms with Crippen molar-refractivity contribution in [2.24, 2.45) is 5.41 Å². The molecule has 2 aromatic heterocycles. The maximum absolute atomic E-state index is 12.3. The summed E-state index contributed by atoms with van der Waals surface area (Å²) in [6.45, 7) is 15.7. The van der Waals surface area contributed by atoms with Gasteiger partial charge in [0.05, 0.1) is 53.3 Å². The molecule has 0 N–H and O–H groups in total. The van der Waals surface area contributed by atoms with Crippen molar-refractivity contribution in [3.63, 3.8) is 0 Å². The third kappa shape index (κ3) is 6.34. The van der Waals surface area contributed by atoms with Crippen LogP contribution in [0.4, 0.5) is 0 Å². The number of hydrogen-bond donors (Lipinski definition) is 0. The highest BCUT2D eigenvalue weighted by Gasteiger charge is 2.30. The molecule has 0 aliphatic carbocycles. The van der Waals surface area contributed by atoms with E-state index in [0.717, 1.165) is 90.5 Å². The van der Waals surface area contributed by atoms with E-state index in [9.17, 15) is 4.79 Å². The van der Waals surface area contributed by atoms with E-state index in [4.69, 9.17) is 24.6 Å². The molecule has 2 saturated heterocycles. The molecule has 0 unspecified atom stereocenters. The molecule has 4 aromatic rings. The minimum Gasteiger partial charge on any atom is -0.379 e. The Morgan fingerprint density at radius 2 is 1.72 bits per heavy atom. The molecule has 0 saturated carbocycles. The molecule has 6 rings (SSSR count). The highest BCUT2D eigenvalue weighted by atomic mass is 16.7. The molecule has 0 spiro atoms. The van der Waals surface area contributed by atoms with E-state index in [2.05, 4.69) is 46.8 Å². The molecule has 2 aliphatic rings. The molecule has 9 heteroatoms. The van der Waals surface area contributed by atoms with E-state index in [1.54, 1.807) is 5.06 Å². The van der Waals surface area contributed by atoms with E-state index in [1.165, 1.54) is 5.56 Å². The van der Waals surface area contributed by atoms with Crippen molar-refractivity contribution < 1.29 is 14.4 Å². The van der Waals surface area contributed by atoms with Gasteiger partial charge in [0.1, 0.15) is 0 Å². The first-order valence-corrected chi connectivity index (χ1v) is 15.4. The fourth-order valence-corrected chi connectivity index (χ4v) is 6.01. The quantitative estimate of drug-likeness (QED) is 0.284. The van der Waals surface area contributed by atoms with Gasteiger partial charge in [-0.15, -0.1) is 5.06 Å². The maximum Gasteiger partial charge on any atom is 0.330 e. The molecule has 0 bridgehead atoms. The van der Waals surface area contributed by atoms with Gasteiger partial charge in [0, 0.05) is 49.5 Å². The lowest BCUT2D eigenvalue weighted by Gasteiger charge is -2.32. The largest absolute Gasteiger partial charge is 0.379 e. The van der Waals surface area contributed by atoms with Crippen molar-refractivity contribution in [3.05, 3.63) is 65.6 Å². The molecule has 2 aliphatic heterocycles. The Bertz CT molecular complexity index is 1590. The number of piperidine rings is 1. The number of carbonyl (C=O) groups excluding carboxylic acids is 1. The number of carbonyl (C=O) groups is 1. The minimum atomic E-state index is -0.519. The molecule has 43 heavy (non-hydrogen) atoms. The van der Waals surface area contributed by atoms with Crippen LogP contribution < -0.4 is 0 Å². The summed E-state index contributed by atoms with van der Waals surface area (Å²) in [4.78, 5) is 30.4. The smallest absolute Gasteiger partial charge is 0.330 e. The Hall–Kier alpha value is -3.66. The van der Waals surface area contributed by atoms with Crippen molar-refractivity contribution in [2.75, 3.05) is 39.4 Å². The highest BCUT2D eigenvalue weighted by molar-refractivity contribution is 5.92. The lowest BCUT2D eigenvalue weighted by atomic mass is 9.98. The Balaban J connectivity index is 1.22. The molecule has 226 valence electrons. The van der Waals surface area contributed by atoms with Crippen molar-refractivity contribution in [3.8, 4) is 22.4 Å². The van der Waals surface area contributed by atoms with Crippen LogP contribution in [-0.2, 0) is 20.9 Å². The van der Waals surface area contributed by atoms with Gasteiger partial charge >= 0.3 is 5.97 Å². The van der Waals surface area contributed by atoms with Gasteiger partial charge in [-0.25, -0.2) is 9.78 Å². The minimum absolute atomic E-state index is 0.197. The number of benzene rings is 2. The Labute approximate surface area is 253 Å². The summed E-state index contributed by atoms with van der Waals surface area (Å²) in [7, 11) is 0. The molecular weight excluding hydrogens is 540 g/mol. The van der Waals surface area contributed by atoms with Crippen LogP contribution in [0.5, 0.6) is 0 Å². The monoisotopic (exact) mass is 582 g/mol. The molecule has 4 heterocycles. The number of para-hydroxylation sites is 1. The second-order valence-electron chi connectivity index (χ2n) is 12.8. The van der Waals surface area contributed by atoms with Gasteiger partial charge < -0.3 is 9.57 Å². The number of ether oxygens (including phenoxy) is 1. The van der Waals surface area contributed by atoms with Crippen LogP contribution >= 0.6 is 0 Å². The van der Waals surface area contributed by atoms with Crippen LogP contribution in [0.2, 0.25) is 0 Å². The Morgan fingerprint density at radius 1 is 1.00 bits per heavy atom. The molecule has 2 aromatic carbocycles. The van der Waals surface area contributed by atoms with Crippen LogP contribution in [0.15, 0.2) is 48.7 Å². The van der Waals surface area contributed by atoms with Crippen LogP contribution in [0, 0.1) is 19.3 Å². The second kappa shape index (κ2) is 12.1. The van der Waals surface area contributed by atoms with Crippen molar-refractivity contribution >= 4 is 17.0 Å². The average molecular weight is 583 g/mol. The number of rotatable bonds is 6. The lowest BCUT2D eigenvalue weighted by molar-refractivity contribution is -0.205. The van der Waals surface area contributed by atoms with Gasteiger partial charge in [0.2, 0.25) is 0 Å². The zero-order chi connectivity index (χ0) is 30.1. The van der Waals surface area contributed by atoms with E-state index >= 15 is 0 Å². The van der Waals surface area contributed by atoms with Crippen molar-refractivity contribution in [1.29, 1.82) is 0 Å². The number of aromatic nitrogens is 4. The van der Waals surface area contributed by atoms with Gasteiger partial charge in [-0.2, -0.15) is 5.10 Å². The summed E-state index contributed by atoms with van der Waals surface area (Å²) in [5.74, 6) is -0.197. The van der Waals surface area contributed by atoms with E-state index in [-0.39, 0.29) is 12.0 Å². The Kier molecular flexibility index (Phi) is 8.31. The molecule has 2 fully saturated rings. The molecule has 0 atom stereocenters. The third-order valence-electron chi connectivity index (χ3n) is 8.52. The van der Waals surface area contributed by atoms with Gasteiger partial charge in [0.25, 0.3) is 0 Å². The van der Waals surface area contributed by atoms with Crippen molar-refractivity contribution in [2.45, 2.75) is 60.0 Å². The number of hydroxylamine groups is 2. The first-order valence-electron chi connectivity index (χ1n) is 15.4. The van der Waals surface area contributed by atoms with Gasteiger partial charge in [-0.3, -0.25) is 14.6 Å².